The Morgan fingerprint density at radius 2 is 2.17 bits per heavy atom. The number of amides is 1. The van der Waals surface area contributed by atoms with Crippen LogP contribution in [0.15, 0.2) is 35.7 Å². The molecule has 3 aromatic rings. The average molecular weight is 338 g/mol. The van der Waals surface area contributed by atoms with E-state index in [1.54, 1.807) is 7.05 Å². The van der Waals surface area contributed by atoms with Gasteiger partial charge >= 0.3 is 0 Å². The first-order chi connectivity index (χ1) is 11.7. The number of nitrogens with zero attached hydrogens (tertiary/aromatic N) is 5. The van der Waals surface area contributed by atoms with Crippen LogP contribution in [0.4, 0.5) is 0 Å². The van der Waals surface area contributed by atoms with Crippen LogP contribution in [0.1, 0.15) is 16.4 Å². The van der Waals surface area contributed by atoms with E-state index >= 15 is 0 Å². The van der Waals surface area contributed by atoms with Crippen molar-refractivity contribution >= 4 is 17.2 Å². The molecule has 1 N–H and O–H groups in total. The minimum absolute atomic E-state index is 0.0827. The van der Waals surface area contributed by atoms with Gasteiger partial charge < -0.3 is 5.32 Å². The summed E-state index contributed by atoms with van der Waals surface area (Å²) in [6.45, 7) is 0.340. The Balaban J connectivity index is 1.83. The number of nitriles is 1. The van der Waals surface area contributed by atoms with Crippen LogP contribution >= 0.6 is 11.3 Å². The second kappa shape index (κ2) is 7.02. The molecule has 2 heterocycles. The predicted octanol–water partition coefficient (Wildman–Crippen LogP) is 1.61. The molecule has 0 aliphatic carbocycles. The molecule has 8 heteroatoms. The van der Waals surface area contributed by atoms with Gasteiger partial charge in [-0.2, -0.15) is 5.26 Å². The topological polar surface area (TPSA) is 96.5 Å². The van der Waals surface area contributed by atoms with Crippen molar-refractivity contribution in [2.75, 3.05) is 7.05 Å². The van der Waals surface area contributed by atoms with E-state index in [-0.39, 0.29) is 12.3 Å². The Hall–Kier alpha value is -3.05. The Bertz CT molecular complexity index is 893. The molecule has 0 bridgehead atoms. The van der Waals surface area contributed by atoms with E-state index in [2.05, 4.69) is 26.7 Å². The Morgan fingerprint density at radius 3 is 2.88 bits per heavy atom. The van der Waals surface area contributed by atoms with Crippen molar-refractivity contribution in [1.82, 2.24) is 25.3 Å². The summed E-state index contributed by atoms with van der Waals surface area (Å²) in [5.74, 6) is -0.0827. The van der Waals surface area contributed by atoms with E-state index in [9.17, 15) is 10.1 Å². The number of carbonyl (C=O) groups excluding carboxylic acids is 1. The summed E-state index contributed by atoms with van der Waals surface area (Å²) in [5, 5.41) is 22.8. The monoisotopic (exact) mass is 338 g/mol. The third-order valence-corrected chi connectivity index (χ3v) is 4.29. The number of thiazole rings is 1. The quantitative estimate of drug-likeness (QED) is 0.762. The van der Waals surface area contributed by atoms with E-state index < -0.39 is 0 Å². The summed E-state index contributed by atoms with van der Waals surface area (Å²) in [4.78, 5) is 15.8. The van der Waals surface area contributed by atoms with Crippen molar-refractivity contribution in [3.63, 3.8) is 0 Å². The maximum atomic E-state index is 11.4. The molecule has 0 fully saturated rings. The largest absolute Gasteiger partial charge is 0.359 e. The highest BCUT2D eigenvalue weighted by Gasteiger charge is 2.15. The van der Waals surface area contributed by atoms with Gasteiger partial charge in [0.05, 0.1) is 18.7 Å². The highest BCUT2D eigenvalue weighted by Crippen LogP contribution is 2.21. The lowest BCUT2D eigenvalue weighted by Crippen LogP contribution is -2.19. The van der Waals surface area contributed by atoms with Gasteiger partial charge in [-0.05, 0) is 0 Å². The average Bonchev–Trinajstić information content (AvgIpc) is 3.22. The highest BCUT2D eigenvalue weighted by atomic mass is 32.1. The number of aromatic nitrogens is 4. The molecule has 3 rings (SSSR count). The number of rotatable bonds is 5. The summed E-state index contributed by atoms with van der Waals surface area (Å²) in [6, 6.07) is 11.6. The minimum atomic E-state index is -0.0827. The van der Waals surface area contributed by atoms with Crippen molar-refractivity contribution in [3.8, 4) is 17.3 Å². The van der Waals surface area contributed by atoms with Gasteiger partial charge in [0.2, 0.25) is 5.91 Å². The SMILES string of the molecule is CNC(=O)Cc1nc(Cn2nnc(-c3ccccc3)c2C#N)cs1. The summed E-state index contributed by atoms with van der Waals surface area (Å²) < 4.78 is 1.53. The van der Waals surface area contributed by atoms with Crippen LogP contribution in [-0.2, 0) is 17.8 Å². The standard InChI is InChI=1S/C16H14N6OS/c1-18-14(23)7-15-19-12(10-24-15)9-22-13(8-17)16(20-21-22)11-5-3-2-4-6-11/h2-6,10H,7,9H2,1H3,(H,18,23). The van der Waals surface area contributed by atoms with Crippen molar-refractivity contribution in [3.05, 3.63) is 52.1 Å². The molecule has 0 unspecified atom stereocenters. The molecule has 0 aliphatic rings. The molecule has 2 aromatic heterocycles. The molecule has 7 nitrogen and oxygen atoms in total. The first-order valence-electron chi connectivity index (χ1n) is 7.24. The number of hydrogen-bond acceptors (Lipinski definition) is 6. The minimum Gasteiger partial charge on any atom is -0.359 e. The zero-order valence-corrected chi connectivity index (χ0v) is 13.7. The van der Waals surface area contributed by atoms with E-state index in [1.807, 2.05) is 35.7 Å². The zero-order valence-electron chi connectivity index (χ0n) is 12.9. The summed E-state index contributed by atoms with van der Waals surface area (Å²) in [6.07, 6.45) is 0.249. The Kier molecular flexibility index (Phi) is 4.63. The number of nitrogens with one attached hydrogen (secondary N) is 1. The van der Waals surface area contributed by atoms with Crippen LogP contribution in [0, 0.1) is 11.3 Å². The van der Waals surface area contributed by atoms with Crippen LogP contribution < -0.4 is 5.32 Å². The zero-order chi connectivity index (χ0) is 16.9. The molecule has 1 aromatic carbocycles. The molecule has 24 heavy (non-hydrogen) atoms. The normalized spacial score (nSPS) is 10.3. The molecule has 0 spiro atoms. The highest BCUT2D eigenvalue weighted by molar-refractivity contribution is 7.09. The first kappa shape index (κ1) is 15.8. The summed E-state index contributed by atoms with van der Waals surface area (Å²) in [5.41, 5.74) is 2.54. The van der Waals surface area contributed by atoms with E-state index in [1.165, 1.54) is 16.0 Å². The fourth-order valence-corrected chi connectivity index (χ4v) is 2.99. The van der Waals surface area contributed by atoms with Crippen LogP contribution in [0.5, 0.6) is 0 Å². The number of carbonyl (C=O) groups is 1. The van der Waals surface area contributed by atoms with Gasteiger partial charge in [-0.25, -0.2) is 9.67 Å². The molecule has 0 atom stereocenters. The van der Waals surface area contributed by atoms with Gasteiger partial charge in [0.25, 0.3) is 0 Å². The molecule has 0 radical (unpaired) electrons. The summed E-state index contributed by atoms with van der Waals surface area (Å²) in [7, 11) is 1.59. The lowest BCUT2D eigenvalue weighted by atomic mass is 10.1. The molecular formula is C16H14N6OS. The van der Waals surface area contributed by atoms with E-state index in [4.69, 9.17) is 0 Å². The fraction of sp³-hybridized carbons (Fsp3) is 0.188. The van der Waals surface area contributed by atoms with Gasteiger partial charge in [0, 0.05) is 18.0 Å². The van der Waals surface area contributed by atoms with Gasteiger partial charge in [0.1, 0.15) is 16.8 Å². The van der Waals surface area contributed by atoms with Gasteiger partial charge in [-0.15, -0.1) is 16.4 Å². The summed E-state index contributed by atoms with van der Waals surface area (Å²) >= 11 is 1.41. The van der Waals surface area contributed by atoms with Crippen molar-refractivity contribution < 1.29 is 4.79 Å². The second-order valence-corrected chi connectivity index (χ2v) is 5.95. The smallest absolute Gasteiger partial charge is 0.226 e. The Morgan fingerprint density at radius 1 is 1.38 bits per heavy atom. The van der Waals surface area contributed by atoms with Crippen LogP contribution in [-0.4, -0.2) is 32.9 Å². The number of hydrogen-bond donors (Lipinski definition) is 1. The Labute approximate surface area is 142 Å². The van der Waals surface area contributed by atoms with Crippen LogP contribution in [0.25, 0.3) is 11.3 Å². The van der Waals surface area contributed by atoms with E-state index in [0.29, 0.717) is 17.9 Å². The van der Waals surface area contributed by atoms with Crippen molar-refractivity contribution in [2.24, 2.45) is 0 Å². The van der Waals surface area contributed by atoms with Crippen molar-refractivity contribution in [2.45, 2.75) is 13.0 Å². The maximum Gasteiger partial charge on any atom is 0.226 e. The van der Waals surface area contributed by atoms with Gasteiger partial charge in [-0.1, -0.05) is 35.5 Å². The molecule has 0 aliphatic heterocycles. The first-order valence-corrected chi connectivity index (χ1v) is 8.12. The maximum absolute atomic E-state index is 11.4. The van der Waals surface area contributed by atoms with Crippen molar-refractivity contribution in [1.29, 1.82) is 5.26 Å². The van der Waals surface area contributed by atoms with Gasteiger partial charge in [0.15, 0.2) is 5.69 Å². The van der Waals surface area contributed by atoms with Gasteiger partial charge in [-0.3, -0.25) is 4.79 Å². The van der Waals surface area contributed by atoms with E-state index in [0.717, 1.165) is 16.3 Å². The third-order valence-electron chi connectivity index (χ3n) is 3.39. The molecule has 0 saturated heterocycles. The van der Waals surface area contributed by atoms with Crippen LogP contribution in [0.3, 0.4) is 0 Å². The number of likely N-dealkylation sites (N-methyl/N-ethyl adjacent to an activating group) is 1. The predicted molar refractivity (Wildman–Crippen MR) is 89.2 cm³/mol. The molecule has 0 saturated carbocycles. The molecule has 1 amide bonds. The third kappa shape index (κ3) is 3.31. The van der Waals surface area contributed by atoms with Crippen LogP contribution in [0.2, 0.25) is 0 Å². The fourth-order valence-electron chi connectivity index (χ4n) is 2.21. The second-order valence-electron chi connectivity index (χ2n) is 5.00. The molecular weight excluding hydrogens is 324 g/mol. The lowest BCUT2D eigenvalue weighted by Gasteiger charge is -2.00. The lowest BCUT2D eigenvalue weighted by molar-refractivity contribution is -0.119. The molecule has 120 valence electrons. The number of benzene rings is 1.